The van der Waals surface area contributed by atoms with Gasteiger partial charge in [-0.3, -0.25) is 14.5 Å². The number of halogens is 1. The van der Waals surface area contributed by atoms with Gasteiger partial charge in [-0.2, -0.15) is 0 Å². The molecule has 1 aliphatic heterocycles. The second-order valence-corrected chi connectivity index (χ2v) is 10.2. The number of benzene rings is 3. The van der Waals surface area contributed by atoms with Gasteiger partial charge in [-0.15, -0.1) is 0 Å². The first-order valence-corrected chi connectivity index (χ1v) is 13.3. The van der Waals surface area contributed by atoms with Crippen molar-refractivity contribution in [2.75, 3.05) is 11.5 Å². The van der Waals surface area contributed by atoms with Crippen LogP contribution in [0.4, 0.5) is 5.13 Å². The number of carbonyl (C=O) groups excluding carboxylic acids is 2. The zero-order chi connectivity index (χ0) is 26.1. The smallest absolute Gasteiger partial charge is 0.301 e. The Bertz CT molecular complexity index is 1510. The molecule has 1 atom stereocenters. The number of ether oxygens (including phenoxy) is 1. The molecule has 1 fully saturated rings. The monoisotopic (exact) mass is 532 g/mol. The summed E-state index contributed by atoms with van der Waals surface area (Å²) < 4.78 is 6.64. The van der Waals surface area contributed by atoms with E-state index in [1.165, 1.54) is 16.2 Å². The Morgan fingerprint density at radius 2 is 1.78 bits per heavy atom. The number of carbonyl (C=O) groups is 2. The van der Waals surface area contributed by atoms with E-state index < -0.39 is 17.7 Å². The molecule has 5 rings (SSSR count). The summed E-state index contributed by atoms with van der Waals surface area (Å²) in [4.78, 5) is 32.9. The number of anilines is 1. The highest BCUT2D eigenvalue weighted by molar-refractivity contribution is 7.22. The predicted octanol–water partition coefficient (Wildman–Crippen LogP) is 6.93. The van der Waals surface area contributed by atoms with Crippen molar-refractivity contribution >= 4 is 55.7 Å². The Morgan fingerprint density at radius 3 is 2.46 bits per heavy atom. The molecule has 6 nitrogen and oxygen atoms in total. The van der Waals surface area contributed by atoms with Crippen LogP contribution in [0.5, 0.6) is 5.75 Å². The second-order valence-electron chi connectivity index (χ2n) is 8.75. The van der Waals surface area contributed by atoms with E-state index >= 15 is 0 Å². The largest absolute Gasteiger partial charge is 0.507 e. The third kappa shape index (κ3) is 4.72. The number of Topliss-reactive ketones (excluding diaryl/α,β-unsaturated/α-hetero) is 1. The van der Waals surface area contributed by atoms with Crippen molar-refractivity contribution in [3.63, 3.8) is 0 Å². The minimum Gasteiger partial charge on any atom is -0.507 e. The number of rotatable bonds is 7. The van der Waals surface area contributed by atoms with Gasteiger partial charge in [0.15, 0.2) is 5.13 Å². The quantitative estimate of drug-likeness (QED) is 0.159. The van der Waals surface area contributed by atoms with Crippen molar-refractivity contribution in [1.82, 2.24) is 4.98 Å². The second kappa shape index (κ2) is 10.4. The summed E-state index contributed by atoms with van der Waals surface area (Å²) in [5, 5.41) is 12.2. The molecule has 37 heavy (non-hydrogen) atoms. The lowest BCUT2D eigenvalue weighted by Crippen LogP contribution is -2.29. The fourth-order valence-corrected chi connectivity index (χ4v) is 5.54. The normalized spacial score (nSPS) is 17.1. The van der Waals surface area contributed by atoms with Gasteiger partial charge in [0.2, 0.25) is 0 Å². The SMILES string of the molecule is CCCOc1ccc([C@@H]2C(=C(O)c3ccc(Cl)cc3)C(=O)C(=O)N2c2nc3ccc(CC)cc3s2)cc1. The van der Waals surface area contributed by atoms with E-state index in [9.17, 15) is 14.7 Å². The van der Waals surface area contributed by atoms with Gasteiger partial charge >= 0.3 is 5.91 Å². The molecule has 1 aliphatic rings. The maximum absolute atomic E-state index is 13.4. The summed E-state index contributed by atoms with van der Waals surface area (Å²) in [5.41, 5.74) is 2.97. The lowest BCUT2D eigenvalue weighted by Gasteiger charge is -2.23. The number of nitrogens with zero attached hydrogens (tertiary/aromatic N) is 2. The van der Waals surface area contributed by atoms with Crippen LogP contribution in [-0.4, -0.2) is 28.4 Å². The van der Waals surface area contributed by atoms with Crippen LogP contribution >= 0.6 is 22.9 Å². The molecule has 1 saturated heterocycles. The molecule has 0 aliphatic carbocycles. The number of aromatic nitrogens is 1. The van der Waals surface area contributed by atoms with E-state index in [1.807, 2.05) is 31.2 Å². The zero-order valence-electron chi connectivity index (χ0n) is 20.4. The highest BCUT2D eigenvalue weighted by atomic mass is 35.5. The molecule has 2 heterocycles. The van der Waals surface area contributed by atoms with Crippen LogP contribution in [0, 0.1) is 0 Å². The fraction of sp³-hybridized carbons (Fsp3) is 0.207. The molecule has 0 radical (unpaired) electrons. The minimum absolute atomic E-state index is 0.00283. The van der Waals surface area contributed by atoms with Gasteiger partial charge in [0, 0.05) is 10.6 Å². The van der Waals surface area contributed by atoms with Crippen LogP contribution in [0.3, 0.4) is 0 Å². The molecule has 8 heteroatoms. The van der Waals surface area contributed by atoms with Crippen molar-refractivity contribution < 1.29 is 19.4 Å². The number of fused-ring (bicyclic) bond motifs is 1. The van der Waals surface area contributed by atoms with Crippen molar-refractivity contribution in [2.45, 2.75) is 32.7 Å². The van der Waals surface area contributed by atoms with Gasteiger partial charge in [-0.05, 0) is 72.5 Å². The first-order valence-electron chi connectivity index (χ1n) is 12.1. The molecule has 0 spiro atoms. The third-order valence-electron chi connectivity index (χ3n) is 6.29. The average molecular weight is 533 g/mol. The number of aryl methyl sites for hydroxylation is 1. The number of amides is 1. The summed E-state index contributed by atoms with van der Waals surface area (Å²) in [7, 11) is 0. The Balaban J connectivity index is 1.66. The molecule has 0 unspecified atom stereocenters. The number of hydrogen-bond donors (Lipinski definition) is 1. The first-order chi connectivity index (χ1) is 17.9. The van der Waals surface area contributed by atoms with Gasteiger partial charge < -0.3 is 9.84 Å². The zero-order valence-corrected chi connectivity index (χ0v) is 22.0. The standard InChI is InChI=1S/C29H25ClN2O4S/c1-3-15-36-21-12-8-18(9-13-21)25-24(26(33)19-6-10-20(30)11-7-19)27(34)28(35)32(25)29-31-22-14-5-17(4-2)16-23(22)37-29/h5-14,16,25,33H,3-4,15H2,1-2H3/t25-/m1/s1. The highest BCUT2D eigenvalue weighted by Crippen LogP contribution is 2.44. The summed E-state index contributed by atoms with van der Waals surface area (Å²) in [6, 6.07) is 18.8. The molecule has 1 N–H and O–H groups in total. The maximum atomic E-state index is 13.4. The van der Waals surface area contributed by atoms with Crippen LogP contribution in [0.1, 0.15) is 43.0 Å². The van der Waals surface area contributed by atoms with E-state index in [1.54, 1.807) is 36.4 Å². The van der Waals surface area contributed by atoms with E-state index in [2.05, 4.69) is 13.0 Å². The van der Waals surface area contributed by atoms with Crippen molar-refractivity contribution in [2.24, 2.45) is 0 Å². The predicted molar refractivity (Wildman–Crippen MR) is 147 cm³/mol. The summed E-state index contributed by atoms with van der Waals surface area (Å²) in [6.07, 6.45) is 1.75. The molecule has 1 amide bonds. The summed E-state index contributed by atoms with van der Waals surface area (Å²) >= 11 is 7.37. The lowest BCUT2D eigenvalue weighted by atomic mass is 9.95. The van der Waals surface area contributed by atoms with Crippen LogP contribution in [0.2, 0.25) is 5.02 Å². The van der Waals surface area contributed by atoms with Crippen molar-refractivity contribution in [3.05, 3.63) is 94.0 Å². The number of aliphatic hydroxyl groups is 1. The van der Waals surface area contributed by atoms with Gasteiger partial charge in [-0.1, -0.05) is 55.0 Å². The van der Waals surface area contributed by atoms with Gasteiger partial charge in [-0.25, -0.2) is 4.98 Å². The Morgan fingerprint density at radius 1 is 1.05 bits per heavy atom. The van der Waals surface area contributed by atoms with E-state index in [4.69, 9.17) is 21.3 Å². The number of ketones is 1. The fourth-order valence-electron chi connectivity index (χ4n) is 4.35. The Hall–Kier alpha value is -3.68. The minimum atomic E-state index is -0.859. The molecule has 4 aromatic rings. The molecule has 0 bridgehead atoms. The summed E-state index contributed by atoms with van der Waals surface area (Å²) in [5.74, 6) is -1.07. The lowest BCUT2D eigenvalue weighted by molar-refractivity contribution is -0.132. The van der Waals surface area contributed by atoms with Crippen molar-refractivity contribution in [1.29, 1.82) is 0 Å². The van der Waals surface area contributed by atoms with E-state index in [0.717, 1.165) is 28.6 Å². The maximum Gasteiger partial charge on any atom is 0.301 e. The molecule has 0 saturated carbocycles. The molecule has 1 aromatic heterocycles. The third-order valence-corrected chi connectivity index (χ3v) is 7.56. The number of hydrogen-bond acceptors (Lipinski definition) is 6. The Kier molecular flexibility index (Phi) is 7.00. The van der Waals surface area contributed by atoms with Crippen LogP contribution < -0.4 is 9.64 Å². The average Bonchev–Trinajstić information content (AvgIpc) is 3.45. The topological polar surface area (TPSA) is 79.7 Å². The highest BCUT2D eigenvalue weighted by Gasteiger charge is 2.48. The van der Waals surface area contributed by atoms with E-state index in [-0.39, 0.29) is 11.3 Å². The van der Waals surface area contributed by atoms with Crippen LogP contribution in [0.15, 0.2) is 72.3 Å². The van der Waals surface area contributed by atoms with Crippen molar-refractivity contribution in [3.8, 4) is 5.75 Å². The van der Waals surface area contributed by atoms with E-state index in [0.29, 0.717) is 33.6 Å². The van der Waals surface area contributed by atoms with Gasteiger partial charge in [0.05, 0.1) is 28.4 Å². The van der Waals surface area contributed by atoms with Gasteiger partial charge in [0.25, 0.3) is 5.78 Å². The van der Waals surface area contributed by atoms with Gasteiger partial charge in [0.1, 0.15) is 11.5 Å². The first kappa shape index (κ1) is 25.0. The summed E-state index contributed by atoms with van der Waals surface area (Å²) in [6.45, 7) is 4.69. The molecule has 3 aromatic carbocycles. The molecule has 188 valence electrons. The molecular formula is C29H25ClN2O4S. The number of thiazole rings is 1. The van der Waals surface area contributed by atoms with Crippen LogP contribution in [0.25, 0.3) is 16.0 Å². The molecular weight excluding hydrogens is 508 g/mol. The Labute approximate surface area is 223 Å². The number of aliphatic hydroxyl groups excluding tert-OH is 1. The van der Waals surface area contributed by atoms with Crippen LogP contribution in [-0.2, 0) is 16.0 Å².